The Hall–Kier alpha value is -4.92. The minimum Gasteiger partial charge on any atom is -0.478 e. The summed E-state index contributed by atoms with van der Waals surface area (Å²) < 4.78 is 40.7. The van der Waals surface area contributed by atoms with Crippen molar-refractivity contribution in [3.8, 4) is 11.1 Å². The Morgan fingerprint density at radius 3 is 2.15 bits per heavy atom. The summed E-state index contributed by atoms with van der Waals surface area (Å²) in [5.41, 5.74) is 3.93. The molecule has 196 valence electrons. The quantitative estimate of drug-likeness (QED) is 0.262. The van der Waals surface area contributed by atoms with Gasteiger partial charge in [0.2, 0.25) is 0 Å². The second-order valence-corrected chi connectivity index (χ2v) is 8.99. The summed E-state index contributed by atoms with van der Waals surface area (Å²) in [5, 5.41) is 12.0. The number of amides is 1. The third-order valence-corrected chi connectivity index (χ3v) is 6.34. The van der Waals surface area contributed by atoms with Crippen molar-refractivity contribution >= 4 is 17.5 Å². The Balaban J connectivity index is 1.49. The lowest BCUT2D eigenvalue weighted by Crippen LogP contribution is -2.25. The summed E-state index contributed by atoms with van der Waals surface area (Å²) in [6, 6.07) is 24.2. The zero-order chi connectivity index (χ0) is 27.6. The van der Waals surface area contributed by atoms with Gasteiger partial charge in [0.05, 0.1) is 11.1 Å². The molecule has 3 aromatic carbocycles. The first-order valence-corrected chi connectivity index (χ1v) is 12.0. The van der Waals surface area contributed by atoms with E-state index in [4.69, 9.17) is 5.11 Å². The molecule has 39 heavy (non-hydrogen) atoms. The van der Waals surface area contributed by atoms with Crippen LogP contribution in [0.25, 0.3) is 16.8 Å². The largest absolute Gasteiger partial charge is 0.478 e. The van der Waals surface area contributed by atoms with Gasteiger partial charge in [0.1, 0.15) is 11.3 Å². The van der Waals surface area contributed by atoms with Crippen molar-refractivity contribution in [1.82, 2.24) is 14.7 Å². The van der Waals surface area contributed by atoms with Gasteiger partial charge in [0.15, 0.2) is 0 Å². The van der Waals surface area contributed by atoms with Gasteiger partial charge >= 0.3 is 12.1 Å². The van der Waals surface area contributed by atoms with Crippen LogP contribution < -0.4 is 5.32 Å². The number of aromatic nitrogens is 2. The Labute approximate surface area is 221 Å². The first-order valence-electron chi connectivity index (χ1n) is 12.0. The van der Waals surface area contributed by atoms with Crippen molar-refractivity contribution in [2.45, 2.75) is 19.1 Å². The third-order valence-electron chi connectivity index (χ3n) is 6.34. The Kier molecular flexibility index (Phi) is 6.89. The molecule has 0 radical (unpaired) electrons. The fourth-order valence-electron chi connectivity index (χ4n) is 4.32. The van der Waals surface area contributed by atoms with Gasteiger partial charge in [0.25, 0.3) is 5.91 Å². The number of hydrogen-bond donors (Lipinski definition) is 2. The number of pyridine rings is 1. The number of halogens is 3. The van der Waals surface area contributed by atoms with Crippen molar-refractivity contribution in [2.24, 2.45) is 0 Å². The standard InChI is InChI=1S/C30H22F3N3O3/c31-30(32,33)24-12-8-19(9-13-24)14-25-18-34-27-16-23(21-4-2-1-3-5-21)15-26(36(25)27)28(37)35-17-20-6-10-22(11-7-20)29(38)39/h1-13,15-16,18H,14,17H2,(H,35,37)(H,38,39). The minimum absolute atomic E-state index is 0.147. The molecule has 0 fully saturated rings. The van der Waals surface area contributed by atoms with Crippen LogP contribution in [0.4, 0.5) is 13.2 Å². The number of carbonyl (C=O) groups is 2. The summed E-state index contributed by atoms with van der Waals surface area (Å²) >= 11 is 0. The number of fused-ring (bicyclic) bond motifs is 1. The normalized spacial score (nSPS) is 11.5. The average molecular weight is 530 g/mol. The van der Waals surface area contributed by atoms with E-state index in [1.165, 1.54) is 24.3 Å². The van der Waals surface area contributed by atoms with Crippen LogP contribution >= 0.6 is 0 Å². The number of nitrogens with one attached hydrogen (secondary N) is 1. The first-order chi connectivity index (χ1) is 18.7. The molecule has 0 spiro atoms. The van der Waals surface area contributed by atoms with Crippen LogP contribution in [0, 0.1) is 0 Å². The van der Waals surface area contributed by atoms with Gasteiger partial charge in [-0.1, -0.05) is 54.6 Å². The Morgan fingerprint density at radius 2 is 1.51 bits per heavy atom. The maximum atomic E-state index is 13.5. The molecule has 5 rings (SSSR count). The molecule has 0 aliphatic carbocycles. The van der Waals surface area contributed by atoms with Crippen molar-refractivity contribution in [2.75, 3.05) is 0 Å². The fraction of sp³-hybridized carbons (Fsp3) is 0.100. The molecule has 0 unspecified atom stereocenters. The smallest absolute Gasteiger partial charge is 0.416 e. The summed E-state index contributed by atoms with van der Waals surface area (Å²) in [6.07, 6.45) is -2.54. The Bertz CT molecular complexity index is 1640. The highest BCUT2D eigenvalue weighted by Gasteiger charge is 2.30. The lowest BCUT2D eigenvalue weighted by atomic mass is 10.0. The van der Waals surface area contributed by atoms with E-state index < -0.39 is 17.7 Å². The summed E-state index contributed by atoms with van der Waals surface area (Å²) in [6.45, 7) is 0.165. The molecular formula is C30H22F3N3O3. The number of aromatic carboxylic acids is 1. The van der Waals surface area contributed by atoms with Crippen LogP contribution in [-0.2, 0) is 19.1 Å². The van der Waals surface area contributed by atoms with Crippen LogP contribution in [-0.4, -0.2) is 26.4 Å². The van der Waals surface area contributed by atoms with Crippen LogP contribution in [0.1, 0.15) is 43.2 Å². The average Bonchev–Trinajstić information content (AvgIpc) is 3.34. The van der Waals surface area contributed by atoms with E-state index in [0.717, 1.165) is 28.8 Å². The molecule has 9 heteroatoms. The molecule has 1 amide bonds. The number of rotatable bonds is 7. The number of carboxylic acids is 1. The van der Waals surface area contributed by atoms with E-state index in [1.807, 2.05) is 36.4 Å². The number of benzene rings is 3. The molecule has 2 heterocycles. The molecule has 2 aromatic heterocycles. The van der Waals surface area contributed by atoms with E-state index in [9.17, 15) is 22.8 Å². The summed E-state index contributed by atoms with van der Waals surface area (Å²) in [7, 11) is 0. The number of carbonyl (C=O) groups excluding carboxylic acids is 1. The number of imidazole rings is 1. The van der Waals surface area contributed by atoms with Crippen molar-refractivity contribution < 1.29 is 27.9 Å². The molecule has 2 N–H and O–H groups in total. The van der Waals surface area contributed by atoms with Crippen LogP contribution in [0.2, 0.25) is 0 Å². The molecule has 0 saturated heterocycles. The number of carboxylic acid groups (broad SMARTS) is 1. The monoisotopic (exact) mass is 529 g/mol. The van der Waals surface area contributed by atoms with Gasteiger partial charge in [-0.25, -0.2) is 9.78 Å². The highest BCUT2D eigenvalue weighted by atomic mass is 19.4. The van der Waals surface area contributed by atoms with E-state index in [1.54, 1.807) is 28.8 Å². The van der Waals surface area contributed by atoms with E-state index in [2.05, 4.69) is 10.3 Å². The lowest BCUT2D eigenvalue weighted by molar-refractivity contribution is -0.137. The molecule has 0 atom stereocenters. The molecule has 0 saturated carbocycles. The van der Waals surface area contributed by atoms with E-state index in [0.29, 0.717) is 22.6 Å². The maximum Gasteiger partial charge on any atom is 0.416 e. The fourth-order valence-corrected chi connectivity index (χ4v) is 4.32. The number of hydrogen-bond acceptors (Lipinski definition) is 3. The second-order valence-electron chi connectivity index (χ2n) is 8.99. The summed E-state index contributed by atoms with van der Waals surface area (Å²) in [5.74, 6) is -1.42. The third kappa shape index (κ3) is 5.67. The molecule has 0 bridgehead atoms. The topological polar surface area (TPSA) is 83.7 Å². The predicted octanol–water partition coefficient (Wildman–Crippen LogP) is 6.24. The molecular weight excluding hydrogens is 507 g/mol. The zero-order valence-electron chi connectivity index (χ0n) is 20.4. The number of alkyl halides is 3. The van der Waals surface area contributed by atoms with Crippen LogP contribution in [0.15, 0.2) is 97.2 Å². The van der Waals surface area contributed by atoms with Gasteiger partial charge in [0, 0.05) is 24.9 Å². The highest BCUT2D eigenvalue weighted by molar-refractivity contribution is 5.95. The van der Waals surface area contributed by atoms with Gasteiger partial charge in [-0.05, 0) is 58.7 Å². The maximum absolute atomic E-state index is 13.5. The van der Waals surface area contributed by atoms with Gasteiger partial charge < -0.3 is 10.4 Å². The second kappa shape index (κ2) is 10.4. The molecule has 6 nitrogen and oxygen atoms in total. The minimum atomic E-state index is -4.42. The Morgan fingerprint density at radius 1 is 0.846 bits per heavy atom. The lowest BCUT2D eigenvalue weighted by Gasteiger charge is -2.13. The first kappa shape index (κ1) is 25.7. The summed E-state index contributed by atoms with van der Waals surface area (Å²) in [4.78, 5) is 29.1. The number of nitrogens with zero attached hydrogens (tertiary/aromatic N) is 2. The van der Waals surface area contributed by atoms with Gasteiger partial charge in [-0.3, -0.25) is 9.20 Å². The molecule has 5 aromatic rings. The van der Waals surface area contributed by atoms with E-state index in [-0.39, 0.29) is 24.4 Å². The molecule has 0 aliphatic heterocycles. The SMILES string of the molecule is O=C(O)c1ccc(CNC(=O)c2cc(-c3ccccc3)cc3ncc(Cc4ccc(C(F)(F)F)cc4)n23)cc1. The van der Waals surface area contributed by atoms with Crippen LogP contribution in [0.3, 0.4) is 0 Å². The molecule has 0 aliphatic rings. The predicted molar refractivity (Wildman–Crippen MR) is 139 cm³/mol. The van der Waals surface area contributed by atoms with Crippen molar-refractivity contribution in [1.29, 1.82) is 0 Å². The van der Waals surface area contributed by atoms with Gasteiger partial charge in [-0.2, -0.15) is 13.2 Å². The van der Waals surface area contributed by atoms with Crippen molar-refractivity contribution in [3.05, 3.63) is 131 Å². The van der Waals surface area contributed by atoms with E-state index >= 15 is 0 Å². The van der Waals surface area contributed by atoms with Crippen LogP contribution in [0.5, 0.6) is 0 Å². The zero-order valence-corrected chi connectivity index (χ0v) is 20.4. The van der Waals surface area contributed by atoms with Gasteiger partial charge in [-0.15, -0.1) is 0 Å². The highest BCUT2D eigenvalue weighted by Crippen LogP contribution is 2.30. The van der Waals surface area contributed by atoms with Crippen molar-refractivity contribution in [3.63, 3.8) is 0 Å².